The van der Waals surface area contributed by atoms with Crippen LogP contribution >= 0.6 is 11.6 Å². The Labute approximate surface area is 207 Å². The number of nitrogens with zero attached hydrogens (tertiary/aromatic N) is 3. The van der Waals surface area contributed by atoms with Crippen LogP contribution in [0.2, 0.25) is 5.02 Å². The summed E-state index contributed by atoms with van der Waals surface area (Å²) in [4.78, 5) is 19.5. The fourth-order valence-corrected chi connectivity index (χ4v) is 4.30. The molecular formula is C27H22ClFN4O2. The molecule has 0 spiro atoms. The number of hydrogen-bond donors (Lipinski definition) is 1. The molecule has 6 nitrogen and oxygen atoms in total. The van der Waals surface area contributed by atoms with E-state index in [9.17, 15) is 9.18 Å². The number of urea groups is 1. The van der Waals surface area contributed by atoms with Crippen LogP contribution in [0.1, 0.15) is 35.5 Å². The van der Waals surface area contributed by atoms with Crippen molar-refractivity contribution in [3.05, 3.63) is 112 Å². The topological polar surface area (TPSA) is 71.3 Å². The molecule has 8 heteroatoms. The van der Waals surface area contributed by atoms with Gasteiger partial charge in [0.25, 0.3) is 5.89 Å². The van der Waals surface area contributed by atoms with Gasteiger partial charge in [0, 0.05) is 16.3 Å². The average Bonchev–Trinajstić information content (AvgIpc) is 3.33. The lowest BCUT2D eigenvalue weighted by molar-refractivity contribution is 0.203. The second-order valence-corrected chi connectivity index (χ2v) is 8.87. The van der Waals surface area contributed by atoms with Gasteiger partial charge >= 0.3 is 6.03 Å². The largest absolute Gasteiger partial charge is 0.334 e. The molecule has 1 unspecified atom stereocenters. The zero-order chi connectivity index (χ0) is 24.5. The number of rotatable bonds is 5. The Balaban J connectivity index is 1.59. The molecule has 0 saturated heterocycles. The first-order chi connectivity index (χ1) is 16.9. The van der Waals surface area contributed by atoms with Crippen LogP contribution in [0.25, 0.3) is 17.0 Å². The van der Waals surface area contributed by atoms with Crippen molar-refractivity contribution in [3.8, 4) is 11.4 Å². The van der Waals surface area contributed by atoms with Gasteiger partial charge in [-0.25, -0.2) is 9.18 Å². The lowest BCUT2D eigenvalue weighted by atomic mass is 9.94. The van der Waals surface area contributed by atoms with Gasteiger partial charge in [0.15, 0.2) is 0 Å². The van der Waals surface area contributed by atoms with Crippen molar-refractivity contribution in [2.45, 2.75) is 26.4 Å². The maximum absolute atomic E-state index is 13.6. The summed E-state index contributed by atoms with van der Waals surface area (Å²) in [5.41, 5.74) is 4.84. The van der Waals surface area contributed by atoms with Crippen molar-refractivity contribution in [1.82, 2.24) is 20.4 Å². The minimum atomic E-state index is -0.593. The van der Waals surface area contributed by atoms with Gasteiger partial charge in [0.2, 0.25) is 5.82 Å². The van der Waals surface area contributed by atoms with E-state index in [1.54, 1.807) is 29.2 Å². The predicted octanol–water partition coefficient (Wildman–Crippen LogP) is 6.54. The van der Waals surface area contributed by atoms with Crippen molar-refractivity contribution in [2.75, 3.05) is 0 Å². The number of hydrogen-bond acceptors (Lipinski definition) is 4. The highest BCUT2D eigenvalue weighted by molar-refractivity contribution is 6.30. The predicted molar refractivity (Wildman–Crippen MR) is 132 cm³/mol. The van der Waals surface area contributed by atoms with Gasteiger partial charge in [0.1, 0.15) is 5.82 Å². The minimum Gasteiger partial charge on any atom is -0.334 e. The number of amides is 2. The van der Waals surface area contributed by atoms with Crippen molar-refractivity contribution in [3.63, 3.8) is 0 Å². The maximum Gasteiger partial charge on any atom is 0.322 e. The number of benzene rings is 3. The van der Waals surface area contributed by atoms with Crippen LogP contribution in [-0.4, -0.2) is 21.1 Å². The summed E-state index contributed by atoms with van der Waals surface area (Å²) in [6.07, 6.45) is 0. The Morgan fingerprint density at radius 3 is 2.51 bits per heavy atom. The highest BCUT2D eigenvalue weighted by Crippen LogP contribution is 2.38. The first-order valence-corrected chi connectivity index (χ1v) is 11.5. The molecule has 176 valence electrons. The minimum absolute atomic E-state index is 0.265. The number of nitrogens with one attached hydrogen (secondary N) is 1. The molecule has 0 saturated carbocycles. The fraction of sp³-hybridized carbons (Fsp3) is 0.148. The molecule has 5 rings (SSSR count). The summed E-state index contributed by atoms with van der Waals surface area (Å²) in [6.45, 7) is 4.23. The van der Waals surface area contributed by atoms with Crippen LogP contribution in [0.15, 0.2) is 83.0 Å². The van der Waals surface area contributed by atoms with Crippen molar-refractivity contribution >= 4 is 23.2 Å². The van der Waals surface area contributed by atoms with E-state index in [-0.39, 0.29) is 17.7 Å². The zero-order valence-electron chi connectivity index (χ0n) is 19.1. The van der Waals surface area contributed by atoms with Gasteiger partial charge in [-0.3, -0.25) is 4.90 Å². The Kier molecular flexibility index (Phi) is 6.09. The summed E-state index contributed by atoms with van der Waals surface area (Å²) in [7, 11) is 0. The molecule has 0 aliphatic carbocycles. The number of halogens is 2. The molecule has 1 aliphatic rings. The highest BCUT2D eigenvalue weighted by atomic mass is 35.5. The van der Waals surface area contributed by atoms with Crippen LogP contribution in [0, 0.1) is 12.7 Å². The van der Waals surface area contributed by atoms with Gasteiger partial charge in [-0.1, -0.05) is 70.9 Å². The summed E-state index contributed by atoms with van der Waals surface area (Å²) in [5.74, 6) is 0.281. The van der Waals surface area contributed by atoms with E-state index in [4.69, 9.17) is 16.1 Å². The average molecular weight is 489 g/mol. The fourth-order valence-electron chi connectivity index (χ4n) is 4.11. The van der Waals surface area contributed by atoms with E-state index in [1.165, 1.54) is 12.1 Å². The van der Waals surface area contributed by atoms with Crippen molar-refractivity contribution in [2.24, 2.45) is 0 Å². The number of carbonyl (C=O) groups is 1. The Morgan fingerprint density at radius 1 is 1.06 bits per heavy atom. The smallest absolute Gasteiger partial charge is 0.322 e. The van der Waals surface area contributed by atoms with Gasteiger partial charge in [-0.05, 0) is 49.2 Å². The number of allylic oxidation sites excluding steroid dienone is 1. The van der Waals surface area contributed by atoms with Crippen LogP contribution < -0.4 is 5.32 Å². The first kappa shape index (κ1) is 22.8. The summed E-state index contributed by atoms with van der Waals surface area (Å²) in [5, 5.41) is 7.73. The molecule has 2 amide bonds. The Hall–Kier alpha value is -3.97. The van der Waals surface area contributed by atoms with E-state index in [0.29, 0.717) is 39.8 Å². The summed E-state index contributed by atoms with van der Waals surface area (Å²) >= 11 is 6.13. The highest BCUT2D eigenvalue weighted by Gasteiger charge is 2.35. The standard InChI is InChI=1S/C27H22ClFN4O2/c1-16-6-8-18(9-7-16)15-33-17(2)23(24(30-27(33)34)19-10-12-22(29)13-11-19)26-31-25(32-35-26)20-4-3-5-21(28)14-20/h3-14,24H,15H2,1-2H3,(H,30,34). The molecule has 1 atom stereocenters. The third-order valence-corrected chi connectivity index (χ3v) is 6.24. The second-order valence-electron chi connectivity index (χ2n) is 8.44. The van der Waals surface area contributed by atoms with Gasteiger partial charge < -0.3 is 9.84 Å². The number of carbonyl (C=O) groups excluding carboxylic acids is 1. The van der Waals surface area contributed by atoms with E-state index in [0.717, 1.165) is 11.1 Å². The molecule has 0 fully saturated rings. The van der Waals surface area contributed by atoms with E-state index in [1.807, 2.05) is 50.2 Å². The molecule has 1 aliphatic heterocycles. The van der Waals surface area contributed by atoms with Crippen LogP contribution in [-0.2, 0) is 6.54 Å². The lowest BCUT2D eigenvalue weighted by Crippen LogP contribution is -2.45. The third-order valence-electron chi connectivity index (χ3n) is 6.00. The van der Waals surface area contributed by atoms with E-state index >= 15 is 0 Å². The first-order valence-electron chi connectivity index (χ1n) is 11.1. The van der Waals surface area contributed by atoms with Crippen LogP contribution in [0.4, 0.5) is 9.18 Å². The molecule has 1 N–H and O–H groups in total. The molecule has 1 aromatic heterocycles. The number of aromatic nitrogens is 2. The molecule has 0 radical (unpaired) electrons. The molecule has 4 aromatic rings. The normalized spacial score (nSPS) is 15.9. The maximum atomic E-state index is 13.6. The van der Waals surface area contributed by atoms with Crippen LogP contribution in [0.3, 0.4) is 0 Å². The zero-order valence-corrected chi connectivity index (χ0v) is 19.9. The molecule has 0 bridgehead atoms. The monoisotopic (exact) mass is 488 g/mol. The number of aryl methyl sites for hydroxylation is 1. The Bertz CT molecular complexity index is 1410. The molecule has 35 heavy (non-hydrogen) atoms. The van der Waals surface area contributed by atoms with Crippen molar-refractivity contribution in [1.29, 1.82) is 0 Å². The summed E-state index contributed by atoms with van der Waals surface area (Å²) in [6, 6.07) is 20.3. The third kappa shape index (κ3) is 4.68. The Morgan fingerprint density at radius 2 is 1.80 bits per heavy atom. The molecular weight excluding hydrogens is 467 g/mol. The quantitative estimate of drug-likeness (QED) is 0.346. The lowest BCUT2D eigenvalue weighted by Gasteiger charge is -2.35. The van der Waals surface area contributed by atoms with E-state index in [2.05, 4.69) is 15.5 Å². The van der Waals surface area contributed by atoms with E-state index < -0.39 is 6.04 Å². The summed E-state index contributed by atoms with van der Waals surface area (Å²) < 4.78 is 19.3. The molecule has 3 aromatic carbocycles. The molecule has 2 heterocycles. The van der Waals surface area contributed by atoms with Crippen molar-refractivity contribution < 1.29 is 13.7 Å². The van der Waals surface area contributed by atoms with Crippen LogP contribution in [0.5, 0.6) is 0 Å². The van der Waals surface area contributed by atoms with Gasteiger partial charge in [-0.15, -0.1) is 0 Å². The SMILES string of the molecule is CC1=C(c2nc(-c3cccc(Cl)c3)no2)C(c2ccc(F)cc2)NC(=O)N1Cc1ccc(C)cc1. The second kappa shape index (κ2) is 9.35. The van der Waals surface area contributed by atoms with Gasteiger partial charge in [-0.2, -0.15) is 4.98 Å². The van der Waals surface area contributed by atoms with Gasteiger partial charge in [0.05, 0.1) is 18.2 Å².